The van der Waals surface area contributed by atoms with Gasteiger partial charge in [0.1, 0.15) is 5.82 Å². The third-order valence-corrected chi connectivity index (χ3v) is 7.13. The number of benzene rings is 3. The Morgan fingerprint density at radius 3 is 2.35 bits per heavy atom. The van der Waals surface area contributed by atoms with Crippen LogP contribution in [0.15, 0.2) is 97.2 Å². The highest BCUT2D eigenvalue weighted by molar-refractivity contribution is 5.91. The van der Waals surface area contributed by atoms with Gasteiger partial charge in [-0.1, -0.05) is 66.2 Å². The summed E-state index contributed by atoms with van der Waals surface area (Å²) in [6, 6.07) is 30.2. The van der Waals surface area contributed by atoms with Crippen LogP contribution in [0.5, 0.6) is 0 Å². The highest BCUT2D eigenvalue weighted by Gasteiger charge is 2.36. The van der Waals surface area contributed by atoms with Crippen LogP contribution in [0.4, 0.5) is 10.5 Å². The van der Waals surface area contributed by atoms with Gasteiger partial charge in [-0.2, -0.15) is 5.10 Å². The third-order valence-electron chi connectivity index (χ3n) is 7.13. The quantitative estimate of drug-likeness (QED) is 0.307. The summed E-state index contributed by atoms with van der Waals surface area (Å²) in [5, 5.41) is 8.10. The van der Waals surface area contributed by atoms with Crippen molar-refractivity contribution < 1.29 is 4.79 Å². The maximum absolute atomic E-state index is 14.0. The average Bonchev–Trinajstić information content (AvgIpc) is 3.47. The second kappa shape index (κ2) is 9.13. The molecule has 37 heavy (non-hydrogen) atoms. The van der Waals surface area contributed by atoms with E-state index in [9.17, 15) is 4.79 Å². The molecule has 0 spiro atoms. The van der Waals surface area contributed by atoms with Crippen molar-refractivity contribution in [3.05, 3.63) is 131 Å². The number of fused-ring (bicyclic) bond motifs is 3. The Bertz CT molecular complexity index is 1580. The summed E-state index contributed by atoms with van der Waals surface area (Å²) < 4.78 is 4.18. The maximum atomic E-state index is 14.0. The average molecular weight is 488 g/mol. The van der Waals surface area contributed by atoms with E-state index >= 15 is 0 Å². The first-order valence-electron chi connectivity index (χ1n) is 12.5. The molecule has 1 aliphatic rings. The number of hydrogen-bond acceptors (Lipinski definition) is 2. The number of nitrogens with zero attached hydrogens (tertiary/aromatic N) is 4. The number of anilines is 1. The van der Waals surface area contributed by atoms with Gasteiger partial charge in [0.25, 0.3) is 0 Å². The van der Waals surface area contributed by atoms with Crippen LogP contribution < -0.4 is 5.32 Å². The molecular weight excluding hydrogens is 458 g/mol. The number of para-hydroxylation sites is 2. The number of nitrogens with one attached hydrogen (secondary N) is 1. The van der Waals surface area contributed by atoms with Crippen molar-refractivity contribution in [3.63, 3.8) is 0 Å². The maximum Gasteiger partial charge on any atom is 0.322 e. The third kappa shape index (κ3) is 4.00. The van der Waals surface area contributed by atoms with Gasteiger partial charge in [0.05, 0.1) is 29.7 Å². The van der Waals surface area contributed by atoms with E-state index in [1.165, 1.54) is 5.56 Å². The van der Waals surface area contributed by atoms with E-state index in [0.717, 1.165) is 45.3 Å². The largest absolute Gasteiger partial charge is 0.322 e. The van der Waals surface area contributed by atoms with Crippen molar-refractivity contribution in [1.29, 1.82) is 0 Å². The van der Waals surface area contributed by atoms with Crippen molar-refractivity contribution in [2.24, 2.45) is 0 Å². The number of carbonyl (C=O) groups is 1. The van der Waals surface area contributed by atoms with Gasteiger partial charge in [-0.05, 0) is 62.2 Å². The highest BCUT2D eigenvalue weighted by atomic mass is 16.2. The summed E-state index contributed by atoms with van der Waals surface area (Å²) in [5.41, 5.74) is 8.00. The fraction of sp³-hybridized carbons (Fsp3) is 0.161. The van der Waals surface area contributed by atoms with Gasteiger partial charge in [0.2, 0.25) is 0 Å². The molecule has 0 saturated heterocycles. The molecule has 0 fully saturated rings. The van der Waals surface area contributed by atoms with Gasteiger partial charge in [0, 0.05) is 17.4 Å². The predicted octanol–water partition coefficient (Wildman–Crippen LogP) is 6.73. The molecule has 2 amide bonds. The number of aromatic nitrogens is 3. The molecule has 1 N–H and O–H groups in total. The molecule has 6 rings (SSSR count). The van der Waals surface area contributed by atoms with Crippen LogP contribution in [0, 0.1) is 20.8 Å². The normalized spacial score (nSPS) is 14.6. The van der Waals surface area contributed by atoms with Crippen molar-refractivity contribution >= 4 is 11.7 Å². The minimum atomic E-state index is -0.282. The first-order valence-corrected chi connectivity index (χ1v) is 12.5. The van der Waals surface area contributed by atoms with Gasteiger partial charge < -0.3 is 14.8 Å². The van der Waals surface area contributed by atoms with Crippen LogP contribution >= 0.6 is 0 Å². The minimum Gasteiger partial charge on any atom is -0.308 e. The Kier molecular flexibility index (Phi) is 5.64. The lowest BCUT2D eigenvalue weighted by Gasteiger charge is -2.31. The number of aryl methyl sites for hydroxylation is 3. The fourth-order valence-corrected chi connectivity index (χ4v) is 5.15. The Hall–Kier alpha value is -4.58. The van der Waals surface area contributed by atoms with Crippen LogP contribution in [0.1, 0.15) is 39.7 Å². The fourth-order valence-electron chi connectivity index (χ4n) is 5.15. The molecule has 3 aromatic carbocycles. The molecular formula is C31H29N5O. The van der Waals surface area contributed by atoms with Crippen LogP contribution in [0.3, 0.4) is 0 Å². The van der Waals surface area contributed by atoms with E-state index < -0.39 is 0 Å². The summed E-state index contributed by atoms with van der Waals surface area (Å²) >= 11 is 0. The Morgan fingerprint density at radius 1 is 0.865 bits per heavy atom. The molecule has 3 heterocycles. The molecule has 0 radical (unpaired) electrons. The molecule has 0 saturated carbocycles. The minimum absolute atomic E-state index is 0.146. The number of carbonyl (C=O) groups excluding carboxylic acids is 1. The summed E-state index contributed by atoms with van der Waals surface area (Å²) in [5.74, 6) is 0.965. The van der Waals surface area contributed by atoms with Gasteiger partial charge in [-0.3, -0.25) is 0 Å². The second-order valence-electron chi connectivity index (χ2n) is 9.62. The zero-order valence-electron chi connectivity index (χ0n) is 21.2. The summed E-state index contributed by atoms with van der Waals surface area (Å²) in [6.45, 7) is 6.53. The summed E-state index contributed by atoms with van der Waals surface area (Å²) in [6.07, 6.45) is 2.07. The van der Waals surface area contributed by atoms with Crippen molar-refractivity contribution in [1.82, 2.24) is 19.2 Å². The number of amides is 2. The number of urea groups is 1. The van der Waals surface area contributed by atoms with Gasteiger partial charge in [-0.25, -0.2) is 9.48 Å². The van der Waals surface area contributed by atoms with Crippen LogP contribution in [-0.2, 0) is 6.54 Å². The van der Waals surface area contributed by atoms with Crippen molar-refractivity contribution in [3.8, 4) is 11.5 Å². The van der Waals surface area contributed by atoms with E-state index in [0.29, 0.717) is 6.54 Å². The Morgan fingerprint density at radius 2 is 1.59 bits per heavy atom. The molecule has 1 atom stereocenters. The first-order chi connectivity index (χ1) is 18.0. The second-order valence-corrected chi connectivity index (χ2v) is 9.62. The predicted molar refractivity (Wildman–Crippen MR) is 146 cm³/mol. The monoisotopic (exact) mass is 487 g/mol. The van der Waals surface area contributed by atoms with Crippen LogP contribution in [-0.4, -0.2) is 25.3 Å². The van der Waals surface area contributed by atoms with Gasteiger partial charge in [-0.15, -0.1) is 0 Å². The first kappa shape index (κ1) is 22.9. The Labute approximate surface area is 216 Å². The smallest absolute Gasteiger partial charge is 0.308 e. The molecule has 184 valence electrons. The van der Waals surface area contributed by atoms with E-state index in [-0.39, 0.29) is 12.1 Å². The van der Waals surface area contributed by atoms with Crippen molar-refractivity contribution in [2.75, 3.05) is 5.32 Å². The zero-order valence-corrected chi connectivity index (χ0v) is 21.2. The van der Waals surface area contributed by atoms with Gasteiger partial charge >= 0.3 is 6.03 Å². The molecule has 0 unspecified atom stereocenters. The van der Waals surface area contributed by atoms with Crippen LogP contribution in [0.2, 0.25) is 0 Å². The van der Waals surface area contributed by atoms with E-state index in [4.69, 9.17) is 5.10 Å². The Balaban J connectivity index is 1.54. The number of rotatable bonds is 3. The molecule has 0 aliphatic carbocycles. The topological polar surface area (TPSA) is 55.1 Å². The highest BCUT2D eigenvalue weighted by Crippen LogP contribution is 2.38. The van der Waals surface area contributed by atoms with E-state index in [1.807, 2.05) is 72.0 Å². The lowest BCUT2D eigenvalue weighted by molar-refractivity contribution is 0.194. The number of hydrogen-bond donors (Lipinski definition) is 1. The standard InChI is InChI=1S/C31H29N5O/c1-21-15-17-24(18-16-21)29-28-14-9-19-34(28)30-26(23(3)33-36(30)25-11-5-4-6-12-25)20-35(29)31(37)32-27-13-8-7-10-22(27)2/h4-19,29H,20H2,1-3H3,(H,32,37)/t29-/m0/s1. The summed E-state index contributed by atoms with van der Waals surface area (Å²) in [4.78, 5) is 16.0. The molecule has 1 aliphatic heterocycles. The molecule has 2 aromatic heterocycles. The summed E-state index contributed by atoms with van der Waals surface area (Å²) in [7, 11) is 0. The van der Waals surface area contributed by atoms with Crippen molar-refractivity contribution in [2.45, 2.75) is 33.4 Å². The molecule has 0 bridgehead atoms. The zero-order chi connectivity index (χ0) is 25.5. The molecule has 6 heteroatoms. The molecule has 6 nitrogen and oxygen atoms in total. The lowest BCUT2D eigenvalue weighted by Crippen LogP contribution is -2.38. The van der Waals surface area contributed by atoms with E-state index in [2.05, 4.69) is 65.5 Å². The van der Waals surface area contributed by atoms with Gasteiger partial charge in [0.15, 0.2) is 0 Å². The molecule has 5 aromatic rings. The van der Waals surface area contributed by atoms with E-state index in [1.54, 1.807) is 0 Å². The lowest BCUT2D eigenvalue weighted by atomic mass is 10.0. The SMILES string of the molecule is Cc1ccc([C@H]2c3cccn3-c3c(c(C)nn3-c3ccccc3)CN2C(=O)Nc2ccccc2C)cc1. The van der Waals surface area contributed by atoms with Crippen LogP contribution in [0.25, 0.3) is 11.5 Å².